The van der Waals surface area contributed by atoms with Gasteiger partial charge in [-0.3, -0.25) is 9.79 Å². The molecule has 0 radical (unpaired) electrons. The van der Waals surface area contributed by atoms with Gasteiger partial charge in [-0.2, -0.15) is 0 Å². The minimum absolute atomic E-state index is 0.0367. The average molecular weight is 429 g/mol. The monoisotopic (exact) mass is 428 g/mol. The van der Waals surface area contributed by atoms with Crippen LogP contribution in [-0.2, 0) is 0 Å². The molecule has 5 heteroatoms. The molecule has 0 spiro atoms. The summed E-state index contributed by atoms with van der Waals surface area (Å²) in [6.07, 6.45) is 1.69. The molecule has 0 aliphatic carbocycles. The molecule has 1 aromatic heterocycles. The van der Waals surface area contributed by atoms with Gasteiger partial charge in [-0.15, -0.1) is 0 Å². The zero-order chi connectivity index (χ0) is 21.8. The first-order valence-corrected chi connectivity index (χ1v) is 10.4. The van der Waals surface area contributed by atoms with Gasteiger partial charge in [-0.1, -0.05) is 71.4 Å². The first kappa shape index (κ1) is 20.8. The maximum absolute atomic E-state index is 13.2. The maximum Gasteiger partial charge on any atom is 0.193 e. The van der Waals surface area contributed by atoms with Crippen LogP contribution in [0.15, 0.2) is 88.4 Å². The summed E-state index contributed by atoms with van der Waals surface area (Å²) < 4.78 is 5.56. The molecule has 154 valence electrons. The smallest absolute Gasteiger partial charge is 0.193 e. The molecule has 4 rings (SSSR count). The molecule has 1 heterocycles. The summed E-state index contributed by atoms with van der Waals surface area (Å²) in [4.78, 5) is 17.9. The fourth-order valence-electron chi connectivity index (χ4n) is 3.46. The highest BCUT2D eigenvalue weighted by atomic mass is 35.5. The molecule has 0 amide bonds. The van der Waals surface area contributed by atoms with E-state index in [4.69, 9.17) is 16.1 Å². The minimum atomic E-state index is -0.0894. The summed E-state index contributed by atoms with van der Waals surface area (Å²) in [5.41, 5.74) is 4.47. The third-order valence-electron chi connectivity index (χ3n) is 5.13. The number of benzene rings is 3. The van der Waals surface area contributed by atoms with Crippen LogP contribution in [0, 0.1) is 6.92 Å². The standard InChI is InChI=1S/C26H21ClN2O2/c1-17(19-8-4-3-5-9-19)28-16-24-25(18(2)29-31-24)22-10-6-7-11-23(22)26(30)20-12-14-21(27)15-13-20/h3-17H,1-2H3. The van der Waals surface area contributed by atoms with Gasteiger partial charge in [0, 0.05) is 16.1 Å². The van der Waals surface area contributed by atoms with E-state index < -0.39 is 0 Å². The second-order valence-electron chi connectivity index (χ2n) is 7.25. The fourth-order valence-corrected chi connectivity index (χ4v) is 3.58. The molecule has 0 bridgehead atoms. The summed E-state index contributed by atoms with van der Waals surface area (Å²) in [6, 6.07) is 24.3. The number of aromatic nitrogens is 1. The predicted octanol–water partition coefficient (Wildman–Crippen LogP) is 6.71. The average Bonchev–Trinajstić information content (AvgIpc) is 3.18. The molecule has 3 aromatic carbocycles. The Morgan fingerprint density at radius 1 is 1.00 bits per heavy atom. The van der Waals surface area contributed by atoms with Crippen molar-refractivity contribution in [3.63, 3.8) is 0 Å². The third-order valence-corrected chi connectivity index (χ3v) is 5.39. The number of aryl methyl sites for hydroxylation is 1. The molecule has 1 atom stereocenters. The first-order chi connectivity index (χ1) is 15.0. The van der Waals surface area contributed by atoms with Crippen molar-refractivity contribution in [3.8, 4) is 11.1 Å². The Kier molecular flexibility index (Phi) is 6.10. The number of carbonyl (C=O) groups is 1. The second-order valence-corrected chi connectivity index (χ2v) is 7.69. The molecule has 4 nitrogen and oxygen atoms in total. The van der Waals surface area contributed by atoms with Gasteiger partial charge in [0.1, 0.15) is 0 Å². The van der Waals surface area contributed by atoms with Gasteiger partial charge in [0.25, 0.3) is 0 Å². The zero-order valence-electron chi connectivity index (χ0n) is 17.2. The van der Waals surface area contributed by atoms with Crippen LogP contribution in [0.4, 0.5) is 0 Å². The Bertz CT molecular complexity index is 1230. The van der Waals surface area contributed by atoms with E-state index in [2.05, 4.69) is 10.1 Å². The Morgan fingerprint density at radius 3 is 2.42 bits per heavy atom. The van der Waals surface area contributed by atoms with Crippen LogP contribution >= 0.6 is 11.6 Å². The van der Waals surface area contributed by atoms with E-state index in [-0.39, 0.29) is 11.8 Å². The van der Waals surface area contributed by atoms with Crippen molar-refractivity contribution in [2.24, 2.45) is 4.99 Å². The van der Waals surface area contributed by atoms with Crippen molar-refractivity contribution in [1.82, 2.24) is 5.16 Å². The number of rotatable bonds is 6. The van der Waals surface area contributed by atoms with Gasteiger partial charge in [0.05, 0.1) is 23.5 Å². The largest absolute Gasteiger partial charge is 0.354 e. The molecule has 0 aliphatic rings. The van der Waals surface area contributed by atoms with E-state index in [0.29, 0.717) is 27.6 Å². The number of hydrogen-bond donors (Lipinski definition) is 0. The maximum atomic E-state index is 13.2. The van der Waals surface area contributed by atoms with E-state index in [0.717, 1.165) is 16.7 Å². The van der Waals surface area contributed by atoms with E-state index >= 15 is 0 Å². The second kappa shape index (κ2) is 9.11. The van der Waals surface area contributed by atoms with Gasteiger partial charge in [0.2, 0.25) is 0 Å². The number of hydrogen-bond acceptors (Lipinski definition) is 4. The van der Waals surface area contributed by atoms with Crippen LogP contribution < -0.4 is 0 Å². The molecular weight excluding hydrogens is 408 g/mol. The lowest BCUT2D eigenvalue weighted by atomic mass is 9.93. The van der Waals surface area contributed by atoms with Gasteiger partial charge in [-0.25, -0.2) is 0 Å². The normalized spacial score (nSPS) is 12.2. The van der Waals surface area contributed by atoms with Crippen LogP contribution in [0.2, 0.25) is 5.02 Å². The predicted molar refractivity (Wildman–Crippen MR) is 124 cm³/mol. The summed E-state index contributed by atoms with van der Waals surface area (Å²) >= 11 is 5.97. The molecule has 0 N–H and O–H groups in total. The Balaban J connectivity index is 1.72. The number of nitrogens with zero attached hydrogens (tertiary/aromatic N) is 2. The minimum Gasteiger partial charge on any atom is -0.354 e. The van der Waals surface area contributed by atoms with Gasteiger partial charge in [0.15, 0.2) is 11.5 Å². The van der Waals surface area contributed by atoms with Crippen molar-refractivity contribution in [2.75, 3.05) is 0 Å². The molecule has 1 unspecified atom stereocenters. The summed E-state index contributed by atoms with van der Waals surface area (Å²) in [5.74, 6) is 0.435. The number of ketones is 1. The zero-order valence-corrected chi connectivity index (χ0v) is 18.0. The topological polar surface area (TPSA) is 55.5 Å². The number of halogens is 1. The summed E-state index contributed by atoms with van der Waals surface area (Å²) in [7, 11) is 0. The third kappa shape index (κ3) is 4.49. The molecule has 0 saturated carbocycles. The highest BCUT2D eigenvalue weighted by molar-refractivity contribution is 6.30. The number of aliphatic imine (C=N–C) groups is 1. The van der Waals surface area contributed by atoms with Gasteiger partial charge >= 0.3 is 0 Å². The highest BCUT2D eigenvalue weighted by Crippen LogP contribution is 2.31. The number of carbonyl (C=O) groups excluding carboxylic acids is 1. The molecule has 0 fully saturated rings. The van der Waals surface area contributed by atoms with E-state index in [1.165, 1.54) is 0 Å². The van der Waals surface area contributed by atoms with Crippen molar-refractivity contribution in [1.29, 1.82) is 0 Å². The molecule has 0 aliphatic heterocycles. The fraction of sp³-hybridized carbons (Fsp3) is 0.115. The first-order valence-electron chi connectivity index (χ1n) is 9.98. The summed E-state index contributed by atoms with van der Waals surface area (Å²) in [5, 5.41) is 4.72. The Hall–Kier alpha value is -3.50. The van der Waals surface area contributed by atoms with Crippen LogP contribution in [0.3, 0.4) is 0 Å². The van der Waals surface area contributed by atoms with Gasteiger partial charge in [-0.05, 0) is 49.2 Å². The quantitative estimate of drug-likeness (QED) is 0.253. The van der Waals surface area contributed by atoms with Gasteiger partial charge < -0.3 is 4.52 Å². The van der Waals surface area contributed by atoms with E-state index in [1.54, 1.807) is 30.5 Å². The lowest BCUT2D eigenvalue weighted by Crippen LogP contribution is -2.04. The summed E-state index contributed by atoms with van der Waals surface area (Å²) in [6.45, 7) is 3.88. The molecule has 0 saturated heterocycles. The van der Waals surface area contributed by atoms with Crippen LogP contribution in [0.1, 0.15) is 45.9 Å². The Morgan fingerprint density at radius 2 is 1.68 bits per heavy atom. The molecule has 4 aromatic rings. The van der Waals surface area contributed by atoms with Crippen LogP contribution in [0.5, 0.6) is 0 Å². The SMILES string of the molecule is Cc1noc(C=NC(C)c2ccccc2)c1-c1ccccc1C(=O)c1ccc(Cl)cc1. The van der Waals surface area contributed by atoms with E-state index in [1.807, 2.05) is 68.4 Å². The van der Waals surface area contributed by atoms with Crippen molar-refractivity contribution in [3.05, 3.63) is 112 Å². The Labute approximate surface area is 186 Å². The van der Waals surface area contributed by atoms with Crippen LogP contribution in [-0.4, -0.2) is 17.2 Å². The van der Waals surface area contributed by atoms with Crippen LogP contribution in [0.25, 0.3) is 11.1 Å². The molecule has 31 heavy (non-hydrogen) atoms. The lowest BCUT2D eigenvalue weighted by molar-refractivity contribution is 0.103. The molecular formula is C26H21ClN2O2. The van der Waals surface area contributed by atoms with Crippen molar-refractivity contribution >= 4 is 23.6 Å². The van der Waals surface area contributed by atoms with Crippen molar-refractivity contribution < 1.29 is 9.32 Å². The lowest BCUT2D eigenvalue weighted by Gasteiger charge is -2.09. The van der Waals surface area contributed by atoms with Crippen molar-refractivity contribution in [2.45, 2.75) is 19.9 Å². The van der Waals surface area contributed by atoms with E-state index in [9.17, 15) is 4.79 Å². The highest BCUT2D eigenvalue weighted by Gasteiger charge is 2.21.